The molecule has 1 aromatic carbocycles. The Balaban J connectivity index is 1.41. The van der Waals surface area contributed by atoms with Crippen LogP contribution in [-0.4, -0.2) is 135 Å². The maximum Gasteiger partial charge on any atom is 0.410 e. The second-order valence-corrected chi connectivity index (χ2v) is 18.5. The third-order valence-corrected chi connectivity index (χ3v) is 13.7. The molecule has 13 atom stereocenters. The molecule has 0 saturated carbocycles. The number of nitrogens with zero attached hydrogens (tertiary/aromatic N) is 4. The number of hydrogen-bond donors (Lipinski definition) is 2. The minimum absolute atomic E-state index is 0.115. The monoisotopic (exact) mass is 882 g/mol. The molecule has 2 N–H and O–H groups in total. The highest BCUT2D eigenvalue weighted by atomic mass is 16.7. The van der Waals surface area contributed by atoms with Gasteiger partial charge in [-0.1, -0.05) is 46.8 Å². The minimum atomic E-state index is -1.43. The first-order valence-electron chi connectivity index (χ1n) is 22.6. The van der Waals surface area contributed by atoms with Crippen molar-refractivity contribution >= 4 is 35.2 Å². The maximum absolute atomic E-state index is 14.8. The Morgan fingerprint density at radius 1 is 1.03 bits per heavy atom. The summed E-state index contributed by atoms with van der Waals surface area (Å²) in [6.07, 6.45) is 0.729. The number of nitrogens with one attached hydrogen (secondary N) is 1. The van der Waals surface area contributed by atoms with Gasteiger partial charge in [0.05, 0.1) is 35.9 Å². The maximum atomic E-state index is 14.8. The van der Waals surface area contributed by atoms with E-state index in [0.29, 0.717) is 38.0 Å². The van der Waals surface area contributed by atoms with Gasteiger partial charge in [0, 0.05) is 68.4 Å². The molecule has 0 unspecified atom stereocenters. The Morgan fingerprint density at radius 2 is 1.73 bits per heavy atom. The molecule has 16 heteroatoms. The molecule has 4 heterocycles. The number of unbranched alkanes of at least 4 members (excludes halogenated alkanes) is 1. The molecule has 0 bridgehead atoms. The number of amides is 2. The van der Waals surface area contributed by atoms with Gasteiger partial charge in [-0.15, -0.1) is 0 Å². The number of carbonyl (C=O) groups excluding carboxylic acids is 5. The van der Waals surface area contributed by atoms with E-state index in [4.69, 9.17) is 23.7 Å². The van der Waals surface area contributed by atoms with Crippen molar-refractivity contribution in [2.45, 2.75) is 162 Å². The molecule has 350 valence electrons. The molecular weight excluding hydrogens is 811 g/mol. The number of benzene rings is 1. The zero-order valence-corrected chi connectivity index (χ0v) is 39.3. The summed E-state index contributed by atoms with van der Waals surface area (Å²) in [4.78, 5) is 76.9. The number of methoxy groups -OCH3 is 1. The highest BCUT2D eigenvalue weighted by Crippen LogP contribution is 2.43. The number of ketones is 2. The van der Waals surface area contributed by atoms with Crippen molar-refractivity contribution in [3.05, 3.63) is 36.8 Å². The van der Waals surface area contributed by atoms with E-state index in [0.717, 1.165) is 11.3 Å². The van der Waals surface area contributed by atoms with Gasteiger partial charge in [0.15, 0.2) is 17.7 Å². The van der Waals surface area contributed by atoms with E-state index in [9.17, 15) is 29.1 Å². The van der Waals surface area contributed by atoms with Gasteiger partial charge < -0.3 is 48.5 Å². The predicted molar refractivity (Wildman–Crippen MR) is 235 cm³/mol. The van der Waals surface area contributed by atoms with Crippen LogP contribution in [0, 0.1) is 23.7 Å². The lowest BCUT2D eigenvalue weighted by molar-refractivity contribution is -0.296. The Bertz CT molecular complexity index is 1940. The fraction of sp³-hybridized carbons (Fsp3) is 0.702. The molecule has 3 aliphatic rings. The van der Waals surface area contributed by atoms with Crippen molar-refractivity contribution in [1.82, 2.24) is 19.4 Å². The molecule has 5 rings (SSSR count). The molecule has 1 aromatic heterocycles. The van der Waals surface area contributed by atoms with Gasteiger partial charge >= 0.3 is 12.1 Å². The summed E-state index contributed by atoms with van der Waals surface area (Å²) >= 11 is 0. The topological polar surface area (TPSA) is 188 Å². The van der Waals surface area contributed by atoms with Crippen LogP contribution in [0.5, 0.6) is 0 Å². The number of ether oxygens (including phenoxy) is 5. The van der Waals surface area contributed by atoms with Crippen LogP contribution < -0.4 is 5.32 Å². The van der Waals surface area contributed by atoms with Crippen molar-refractivity contribution in [2.24, 2.45) is 23.7 Å². The van der Waals surface area contributed by atoms with Crippen LogP contribution in [0.4, 0.5) is 10.5 Å². The van der Waals surface area contributed by atoms with E-state index in [1.807, 2.05) is 67.7 Å². The van der Waals surface area contributed by atoms with Crippen LogP contribution in [0.2, 0.25) is 0 Å². The summed E-state index contributed by atoms with van der Waals surface area (Å²) in [5, 5.41) is 14.4. The number of Topliss-reactive ketones (excluding diaryl/α,β-unsaturated/α-hetero) is 2. The third kappa shape index (κ3) is 10.8. The van der Waals surface area contributed by atoms with Gasteiger partial charge in [-0.25, -0.2) is 9.78 Å². The number of aliphatic hydroxyl groups excluding tert-OH is 1. The number of cyclic esters (lactones) is 1. The fourth-order valence-electron chi connectivity index (χ4n) is 10.0. The van der Waals surface area contributed by atoms with E-state index in [1.165, 1.54) is 21.0 Å². The minimum Gasteiger partial charge on any atom is -0.458 e. The second kappa shape index (κ2) is 20.7. The first-order chi connectivity index (χ1) is 29.7. The van der Waals surface area contributed by atoms with Crippen molar-refractivity contribution in [3.63, 3.8) is 0 Å². The molecule has 0 spiro atoms. The fourth-order valence-corrected chi connectivity index (χ4v) is 10.0. The number of aromatic nitrogens is 2. The summed E-state index contributed by atoms with van der Waals surface area (Å²) in [7, 11) is 3.42. The standard InChI is InChI=1S/C47H71N5O11/c1-13-37-47(10)41(52(45(58)63-47)21-16-15-20-51-25-35(48-26-51)33-18-17-19-34(23-33)49-32(8)53)29(5)38(54)27(3)24-46(9,59-12)42(30(6)39(55)31(7)43(57)61-37)62-44-40(56)36(50(11)14-2)22-28(4)60-44/h17-19,23,25-31,36-37,40-42,44,56H,13-16,20-22,24H2,1-12H3,(H,49,53)/t27-,28-,29+,30+,31-,36+,37-,40-,41+,42-,44+,46-,47-/m1/s1. The second-order valence-electron chi connectivity index (χ2n) is 18.5. The number of esters is 1. The highest BCUT2D eigenvalue weighted by Gasteiger charge is 2.60. The first-order valence-corrected chi connectivity index (χ1v) is 22.6. The normalized spacial score (nSPS) is 34.6. The average Bonchev–Trinajstić information content (AvgIpc) is 3.83. The first kappa shape index (κ1) is 49.8. The van der Waals surface area contributed by atoms with Gasteiger partial charge in [-0.2, -0.15) is 0 Å². The van der Waals surface area contributed by atoms with Crippen molar-refractivity contribution < 1.29 is 52.8 Å². The van der Waals surface area contributed by atoms with Gasteiger partial charge in [0.1, 0.15) is 23.9 Å². The van der Waals surface area contributed by atoms with Crippen LogP contribution in [0.25, 0.3) is 11.3 Å². The molecule has 2 amide bonds. The molecule has 0 radical (unpaired) electrons. The van der Waals surface area contributed by atoms with Crippen LogP contribution in [0.1, 0.15) is 101 Å². The number of anilines is 1. The SMILES string of the molecule is CC[C@H]1OC(=O)[C@H](C)C(=O)[C@H](C)[C@@H](O[C@@H]2O[C@H](C)C[C@H](N(C)CC)[C@H]2O)[C@](C)(OC)C[C@@H](C)C(=O)[C@H](C)[C@@H]2N(CCCCn3cnc(-c4cccc(NC(C)=O)c4)c3)C(=O)O[C@@]21C. The van der Waals surface area contributed by atoms with E-state index >= 15 is 0 Å². The van der Waals surface area contributed by atoms with Crippen LogP contribution in [0.15, 0.2) is 36.8 Å². The highest BCUT2D eigenvalue weighted by molar-refractivity contribution is 6.00. The summed E-state index contributed by atoms with van der Waals surface area (Å²) in [6.45, 7) is 19.0. The van der Waals surface area contributed by atoms with Crippen LogP contribution >= 0.6 is 0 Å². The van der Waals surface area contributed by atoms with Gasteiger partial charge in [-0.05, 0) is 85.5 Å². The van der Waals surface area contributed by atoms with Gasteiger partial charge in [0.2, 0.25) is 5.91 Å². The Labute approximate surface area is 372 Å². The smallest absolute Gasteiger partial charge is 0.410 e. The lowest BCUT2D eigenvalue weighted by atomic mass is 9.73. The predicted octanol–water partition coefficient (Wildman–Crippen LogP) is 5.88. The largest absolute Gasteiger partial charge is 0.458 e. The third-order valence-electron chi connectivity index (χ3n) is 13.7. The number of hydrogen-bond acceptors (Lipinski definition) is 13. The molecule has 63 heavy (non-hydrogen) atoms. The van der Waals surface area contributed by atoms with Crippen LogP contribution in [0.3, 0.4) is 0 Å². The number of aliphatic hydroxyl groups is 1. The van der Waals surface area contributed by atoms with E-state index in [2.05, 4.69) is 10.3 Å². The number of aryl methyl sites for hydroxylation is 1. The molecule has 0 aliphatic carbocycles. The quantitative estimate of drug-likeness (QED) is 0.138. The Hall–Kier alpha value is -4.22. The molecule has 16 nitrogen and oxygen atoms in total. The number of fused-ring (bicyclic) bond motifs is 1. The molecular formula is C47H71N5O11. The molecule has 2 aromatic rings. The van der Waals surface area contributed by atoms with Gasteiger partial charge in [0.25, 0.3) is 0 Å². The lowest BCUT2D eigenvalue weighted by Crippen LogP contribution is -2.60. The summed E-state index contributed by atoms with van der Waals surface area (Å²) in [5.41, 5.74) is -0.431. The van der Waals surface area contributed by atoms with Crippen LogP contribution in [-0.2, 0) is 49.4 Å². The zero-order chi connectivity index (χ0) is 46.6. The Kier molecular flexibility index (Phi) is 16.4. The summed E-state index contributed by atoms with van der Waals surface area (Å²) in [6, 6.07) is 6.36. The van der Waals surface area contributed by atoms with Crippen molar-refractivity contribution in [1.29, 1.82) is 0 Å². The Morgan fingerprint density at radius 3 is 2.38 bits per heavy atom. The molecule has 3 saturated heterocycles. The summed E-state index contributed by atoms with van der Waals surface area (Å²) < 4.78 is 33.4. The number of imidazole rings is 1. The number of likely N-dealkylation sites (N-methyl/N-ethyl adjacent to an activating group) is 1. The van der Waals surface area contributed by atoms with Gasteiger partial charge in [-0.3, -0.25) is 19.2 Å². The van der Waals surface area contributed by atoms with E-state index < -0.39 is 83.4 Å². The molecule has 3 aliphatic heterocycles. The number of rotatable bonds is 13. The van der Waals surface area contributed by atoms with E-state index in [1.54, 1.807) is 45.8 Å². The summed E-state index contributed by atoms with van der Waals surface area (Å²) in [5.74, 6) is -5.22. The molecule has 3 fully saturated rings. The number of carbonyl (C=O) groups is 5. The van der Waals surface area contributed by atoms with Crippen molar-refractivity contribution in [3.8, 4) is 11.3 Å². The zero-order valence-electron chi connectivity index (χ0n) is 39.3. The average molecular weight is 882 g/mol. The van der Waals surface area contributed by atoms with E-state index in [-0.39, 0.29) is 43.2 Å². The van der Waals surface area contributed by atoms with Crippen molar-refractivity contribution in [2.75, 3.05) is 32.6 Å². The lowest BCUT2D eigenvalue weighted by Gasteiger charge is -2.47.